The largest absolute Gasteiger partial charge is 0.493 e. The zero-order chi connectivity index (χ0) is 13.7. The molecule has 0 aliphatic rings. The summed E-state index contributed by atoms with van der Waals surface area (Å²) in [5.41, 5.74) is 2.01. The van der Waals surface area contributed by atoms with E-state index in [0.717, 1.165) is 22.9 Å². The second kappa shape index (κ2) is 6.13. The monoisotopic (exact) mass is 261 g/mol. The van der Waals surface area contributed by atoms with Crippen LogP contribution < -0.4 is 14.8 Å². The molecule has 0 aliphatic heterocycles. The second-order valence-electron chi connectivity index (χ2n) is 4.18. The predicted octanol–water partition coefficient (Wildman–Crippen LogP) is 2.99. The molecular formula is C14H19N3O2. The third kappa shape index (κ3) is 3.19. The van der Waals surface area contributed by atoms with Crippen LogP contribution in [0.5, 0.6) is 11.5 Å². The number of benzene rings is 1. The van der Waals surface area contributed by atoms with E-state index in [0.29, 0.717) is 6.61 Å². The summed E-state index contributed by atoms with van der Waals surface area (Å²) in [7, 11) is 1.64. The molecule has 1 heterocycles. The number of hydrogen-bond donors (Lipinski definition) is 2. The Morgan fingerprint density at radius 1 is 1.32 bits per heavy atom. The Hall–Kier alpha value is -2.17. The fourth-order valence-corrected chi connectivity index (χ4v) is 1.87. The number of aromatic nitrogens is 2. The highest BCUT2D eigenvalue weighted by Gasteiger charge is 2.09. The minimum absolute atomic E-state index is 0.144. The van der Waals surface area contributed by atoms with Gasteiger partial charge in [-0.2, -0.15) is 5.10 Å². The average molecular weight is 261 g/mol. The molecule has 0 saturated carbocycles. The van der Waals surface area contributed by atoms with Gasteiger partial charge in [0.05, 0.1) is 25.5 Å². The van der Waals surface area contributed by atoms with Crippen LogP contribution in [0.4, 0.5) is 5.69 Å². The van der Waals surface area contributed by atoms with Crippen LogP contribution in [-0.2, 0) is 0 Å². The molecule has 102 valence electrons. The first-order chi connectivity index (χ1) is 9.24. The molecule has 0 saturated heterocycles. The summed E-state index contributed by atoms with van der Waals surface area (Å²) in [5, 5.41) is 10.3. The van der Waals surface area contributed by atoms with Crippen LogP contribution >= 0.6 is 0 Å². The van der Waals surface area contributed by atoms with E-state index in [4.69, 9.17) is 9.47 Å². The first-order valence-electron chi connectivity index (χ1n) is 6.31. The van der Waals surface area contributed by atoms with Gasteiger partial charge in [0.15, 0.2) is 11.5 Å². The molecule has 2 N–H and O–H groups in total. The smallest absolute Gasteiger partial charge is 0.163 e. The predicted molar refractivity (Wildman–Crippen MR) is 74.8 cm³/mol. The number of H-pyrrole nitrogens is 1. The first kappa shape index (κ1) is 13.3. The lowest BCUT2D eigenvalue weighted by Crippen LogP contribution is -2.07. The molecule has 19 heavy (non-hydrogen) atoms. The van der Waals surface area contributed by atoms with Gasteiger partial charge in [-0.15, -0.1) is 0 Å². The van der Waals surface area contributed by atoms with Crippen molar-refractivity contribution in [1.82, 2.24) is 10.2 Å². The Morgan fingerprint density at radius 3 is 2.79 bits per heavy atom. The van der Waals surface area contributed by atoms with Gasteiger partial charge in [-0.1, -0.05) is 0 Å². The maximum Gasteiger partial charge on any atom is 0.163 e. The van der Waals surface area contributed by atoms with Crippen molar-refractivity contribution >= 4 is 5.69 Å². The van der Waals surface area contributed by atoms with Crippen LogP contribution in [0.3, 0.4) is 0 Å². The van der Waals surface area contributed by atoms with Crippen molar-refractivity contribution in [2.75, 3.05) is 19.0 Å². The van der Waals surface area contributed by atoms with Crippen molar-refractivity contribution in [1.29, 1.82) is 0 Å². The Morgan fingerprint density at radius 2 is 2.16 bits per heavy atom. The third-order valence-electron chi connectivity index (χ3n) is 2.84. The van der Waals surface area contributed by atoms with Crippen LogP contribution in [0.15, 0.2) is 30.5 Å². The van der Waals surface area contributed by atoms with Crippen molar-refractivity contribution < 1.29 is 9.47 Å². The lowest BCUT2D eigenvalue weighted by molar-refractivity contribution is 0.311. The van der Waals surface area contributed by atoms with Crippen molar-refractivity contribution in [3.8, 4) is 11.5 Å². The third-order valence-corrected chi connectivity index (χ3v) is 2.84. The van der Waals surface area contributed by atoms with Gasteiger partial charge in [0, 0.05) is 18.0 Å². The standard InChI is InChI=1S/C14H19N3O2/c1-4-19-14-9-11(5-6-13(14)18-3)16-10(2)12-7-8-15-17-12/h5-10,16H,4H2,1-3H3,(H,15,17). The summed E-state index contributed by atoms with van der Waals surface area (Å²) in [6, 6.07) is 7.89. The molecule has 2 aromatic rings. The quantitative estimate of drug-likeness (QED) is 0.839. The van der Waals surface area contributed by atoms with Crippen LogP contribution in [0.25, 0.3) is 0 Å². The van der Waals surface area contributed by atoms with Gasteiger partial charge in [-0.05, 0) is 32.0 Å². The molecule has 0 amide bonds. The Bertz CT molecular complexity index is 511. The molecule has 0 fully saturated rings. The maximum absolute atomic E-state index is 5.56. The number of aromatic amines is 1. The molecule has 1 unspecified atom stereocenters. The van der Waals surface area contributed by atoms with E-state index >= 15 is 0 Å². The first-order valence-corrected chi connectivity index (χ1v) is 6.31. The highest BCUT2D eigenvalue weighted by Crippen LogP contribution is 2.31. The number of nitrogens with zero attached hydrogens (tertiary/aromatic N) is 1. The number of methoxy groups -OCH3 is 1. The highest BCUT2D eigenvalue weighted by atomic mass is 16.5. The van der Waals surface area contributed by atoms with Gasteiger partial charge >= 0.3 is 0 Å². The van der Waals surface area contributed by atoms with Crippen molar-refractivity contribution in [3.63, 3.8) is 0 Å². The topological polar surface area (TPSA) is 59.2 Å². The fourth-order valence-electron chi connectivity index (χ4n) is 1.87. The summed E-state index contributed by atoms with van der Waals surface area (Å²) >= 11 is 0. The van der Waals surface area contributed by atoms with Crippen molar-refractivity contribution in [3.05, 3.63) is 36.2 Å². The summed E-state index contributed by atoms with van der Waals surface area (Å²) in [5.74, 6) is 1.48. The van der Waals surface area contributed by atoms with Gasteiger partial charge < -0.3 is 14.8 Å². The number of ether oxygens (including phenoxy) is 2. The molecule has 0 aliphatic carbocycles. The Kier molecular flexibility index (Phi) is 4.28. The summed E-state index contributed by atoms with van der Waals surface area (Å²) in [6.45, 7) is 4.63. The lowest BCUT2D eigenvalue weighted by atomic mass is 10.2. The molecule has 5 nitrogen and oxygen atoms in total. The zero-order valence-electron chi connectivity index (χ0n) is 11.4. The Balaban J connectivity index is 2.14. The van der Waals surface area contributed by atoms with Gasteiger partial charge in [0.2, 0.25) is 0 Å². The average Bonchev–Trinajstić information content (AvgIpc) is 2.93. The van der Waals surface area contributed by atoms with Gasteiger partial charge in [-0.3, -0.25) is 5.10 Å². The number of rotatable bonds is 6. The summed E-state index contributed by atoms with van der Waals surface area (Å²) in [6.07, 6.45) is 1.74. The van der Waals surface area contributed by atoms with Gasteiger partial charge in [-0.25, -0.2) is 0 Å². The van der Waals surface area contributed by atoms with Crippen LogP contribution in [0.1, 0.15) is 25.6 Å². The summed E-state index contributed by atoms with van der Waals surface area (Å²) < 4.78 is 10.8. The van der Waals surface area contributed by atoms with E-state index in [2.05, 4.69) is 22.4 Å². The SMILES string of the molecule is CCOc1cc(NC(C)c2ccn[nH]2)ccc1OC. The molecule has 1 atom stereocenters. The number of hydrogen-bond acceptors (Lipinski definition) is 4. The van der Waals surface area contributed by atoms with E-state index in [-0.39, 0.29) is 6.04 Å². The maximum atomic E-state index is 5.56. The van der Waals surface area contributed by atoms with E-state index in [9.17, 15) is 0 Å². The minimum atomic E-state index is 0.144. The lowest BCUT2D eigenvalue weighted by Gasteiger charge is -2.16. The zero-order valence-corrected chi connectivity index (χ0v) is 11.4. The minimum Gasteiger partial charge on any atom is -0.493 e. The number of anilines is 1. The molecule has 1 aromatic carbocycles. The van der Waals surface area contributed by atoms with E-state index in [1.807, 2.05) is 31.2 Å². The van der Waals surface area contributed by atoms with Crippen molar-refractivity contribution in [2.45, 2.75) is 19.9 Å². The van der Waals surface area contributed by atoms with E-state index in [1.165, 1.54) is 0 Å². The van der Waals surface area contributed by atoms with Crippen LogP contribution in [0.2, 0.25) is 0 Å². The molecule has 5 heteroatoms. The number of nitrogens with one attached hydrogen (secondary N) is 2. The molecule has 1 aromatic heterocycles. The van der Waals surface area contributed by atoms with E-state index < -0.39 is 0 Å². The fraction of sp³-hybridized carbons (Fsp3) is 0.357. The van der Waals surface area contributed by atoms with Crippen molar-refractivity contribution in [2.24, 2.45) is 0 Å². The van der Waals surface area contributed by atoms with E-state index in [1.54, 1.807) is 13.3 Å². The van der Waals surface area contributed by atoms with Gasteiger partial charge in [0.1, 0.15) is 0 Å². The van der Waals surface area contributed by atoms with Crippen LogP contribution in [-0.4, -0.2) is 23.9 Å². The van der Waals surface area contributed by atoms with Gasteiger partial charge in [0.25, 0.3) is 0 Å². The van der Waals surface area contributed by atoms with Crippen LogP contribution in [0, 0.1) is 0 Å². The normalized spacial score (nSPS) is 11.9. The molecular weight excluding hydrogens is 242 g/mol. The summed E-state index contributed by atoms with van der Waals surface area (Å²) in [4.78, 5) is 0. The molecule has 0 spiro atoms. The molecule has 0 bridgehead atoms. The molecule has 0 radical (unpaired) electrons. The highest BCUT2D eigenvalue weighted by molar-refractivity contribution is 5.55. The Labute approximate surface area is 112 Å². The second-order valence-corrected chi connectivity index (χ2v) is 4.18. The molecule has 2 rings (SSSR count).